The quantitative estimate of drug-likeness (QED) is 0.525. The predicted octanol–water partition coefficient (Wildman–Crippen LogP) is 2.96. The molecule has 0 atom stereocenters. The van der Waals surface area contributed by atoms with Crippen LogP contribution in [0, 0.1) is 0 Å². The highest BCUT2D eigenvalue weighted by atomic mass is 19.3. The van der Waals surface area contributed by atoms with E-state index in [2.05, 4.69) is 0 Å². The standard InChI is InChI=1S/C6H6.C2H4F2/c1-2-4-6-5-3-1;1-2(3)4/h1-6H;2H,1H3. The first-order valence-electron chi connectivity index (χ1n) is 3.01. The maximum Gasteiger partial charge on any atom is 0.235 e. The summed E-state index contributed by atoms with van der Waals surface area (Å²) in [6, 6.07) is 12.0. The first kappa shape index (κ1) is 9.08. The van der Waals surface area contributed by atoms with Gasteiger partial charge < -0.3 is 0 Å². The van der Waals surface area contributed by atoms with Gasteiger partial charge in [-0.25, -0.2) is 8.78 Å². The van der Waals surface area contributed by atoms with Crippen molar-refractivity contribution in [3.8, 4) is 0 Å². The largest absolute Gasteiger partial charge is 0.235 e. The van der Waals surface area contributed by atoms with Gasteiger partial charge in [0.1, 0.15) is 0 Å². The molecule has 56 valence electrons. The molecule has 0 saturated heterocycles. The number of hydrogen-bond acceptors (Lipinski definition) is 0. The summed E-state index contributed by atoms with van der Waals surface area (Å²) >= 11 is 0. The highest BCUT2D eigenvalue weighted by Gasteiger charge is 1.79. The molecule has 2 heteroatoms. The molecule has 0 aliphatic rings. The summed E-state index contributed by atoms with van der Waals surface area (Å²) in [5.41, 5.74) is 0. The summed E-state index contributed by atoms with van der Waals surface area (Å²) in [6.45, 7) is 0.833. The summed E-state index contributed by atoms with van der Waals surface area (Å²) in [7, 11) is 0. The topological polar surface area (TPSA) is 0 Å². The van der Waals surface area contributed by atoms with E-state index in [0.29, 0.717) is 0 Å². The molecule has 0 nitrogen and oxygen atoms in total. The van der Waals surface area contributed by atoms with Crippen molar-refractivity contribution in [2.24, 2.45) is 0 Å². The zero-order chi connectivity index (χ0) is 7.82. The van der Waals surface area contributed by atoms with Crippen LogP contribution >= 0.6 is 0 Å². The molecule has 10 heavy (non-hydrogen) atoms. The minimum atomic E-state index is -2.17. The average molecular weight is 144 g/mol. The van der Waals surface area contributed by atoms with Crippen LogP contribution in [0.1, 0.15) is 6.92 Å². The van der Waals surface area contributed by atoms with E-state index in [1.807, 2.05) is 36.4 Å². The number of halogens is 2. The molecule has 0 N–H and O–H groups in total. The van der Waals surface area contributed by atoms with Crippen LogP contribution in [-0.4, -0.2) is 6.43 Å². The molecule has 1 rings (SSSR count). The molecule has 0 unspecified atom stereocenters. The van der Waals surface area contributed by atoms with Gasteiger partial charge in [-0.2, -0.15) is 0 Å². The maximum absolute atomic E-state index is 10.3. The molecule has 0 fully saturated rings. The van der Waals surface area contributed by atoms with Crippen molar-refractivity contribution in [1.82, 2.24) is 0 Å². The zero-order valence-electron chi connectivity index (χ0n) is 5.80. The number of benzene rings is 1. The van der Waals surface area contributed by atoms with Gasteiger partial charge in [0.25, 0.3) is 0 Å². The Morgan fingerprint density at radius 1 is 0.800 bits per heavy atom. The minimum Gasteiger partial charge on any atom is -0.211 e. The van der Waals surface area contributed by atoms with Crippen LogP contribution < -0.4 is 0 Å². The predicted molar refractivity (Wildman–Crippen MR) is 38.1 cm³/mol. The first-order chi connectivity index (χ1) is 4.73. The molecule has 0 saturated carbocycles. The highest BCUT2D eigenvalue weighted by Crippen LogP contribution is 1.82. The number of hydrogen-bond donors (Lipinski definition) is 0. The van der Waals surface area contributed by atoms with Crippen molar-refractivity contribution in [3.05, 3.63) is 36.4 Å². The Morgan fingerprint density at radius 2 is 0.900 bits per heavy atom. The van der Waals surface area contributed by atoms with Crippen molar-refractivity contribution in [2.75, 3.05) is 0 Å². The Kier molecular flexibility index (Phi) is 5.63. The Hall–Kier alpha value is -0.920. The van der Waals surface area contributed by atoms with E-state index in [0.717, 1.165) is 6.92 Å². The van der Waals surface area contributed by atoms with Gasteiger partial charge in [-0.3, -0.25) is 0 Å². The van der Waals surface area contributed by atoms with Crippen LogP contribution in [0.15, 0.2) is 36.4 Å². The van der Waals surface area contributed by atoms with Crippen molar-refractivity contribution in [2.45, 2.75) is 13.3 Å². The van der Waals surface area contributed by atoms with Crippen LogP contribution in [0.5, 0.6) is 0 Å². The molecule has 0 aromatic heterocycles. The third kappa shape index (κ3) is 10.1. The zero-order valence-corrected chi connectivity index (χ0v) is 5.80. The molecule has 1 aromatic carbocycles. The number of rotatable bonds is 0. The maximum atomic E-state index is 10.3. The molecular formula is C8H10F2. The summed E-state index contributed by atoms with van der Waals surface area (Å²) in [6.07, 6.45) is -2.17. The van der Waals surface area contributed by atoms with Gasteiger partial charge in [-0.1, -0.05) is 36.4 Å². The highest BCUT2D eigenvalue weighted by molar-refractivity contribution is 4.99. The van der Waals surface area contributed by atoms with Gasteiger partial charge in [-0.05, 0) is 6.92 Å². The second-order valence-electron chi connectivity index (χ2n) is 1.67. The number of alkyl halides is 2. The van der Waals surface area contributed by atoms with Crippen LogP contribution in [0.25, 0.3) is 0 Å². The SMILES string of the molecule is CC(F)F.c1ccccc1. The Labute approximate surface area is 59.5 Å². The molecule has 0 spiro atoms. The summed E-state index contributed by atoms with van der Waals surface area (Å²) in [4.78, 5) is 0. The molecule has 0 bridgehead atoms. The average Bonchev–Trinajstić information content (AvgIpc) is 1.90. The lowest BCUT2D eigenvalue weighted by atomic mass is 10.4. The van der Waals surface area contributed by atoms with Crippen molar-refractivity contribution >= 4 is 0 Å². The van der Waals surface area contributed by atoms with E-state index in [1.165, 1.54) is 0 Å². The van der Waals surface area contributed by atoms with Gasteiger partial charge >= 0.3 is 0 Å². The summed E-state index contributed by atoms with van der Waals surface area (Å²) < 4.78 is 20.7. The van der Waals surface area contributed by atoms with Crippen LogP contribution in [-0.2, 0) is 0 Å². The molecular weight excluding hydrogens is 134 g/mol. The second kappa shape index (κ2) is 6.20. The fourth-order valence-electron chi connectivity index (χ4n) is 0.385. The molecule has 1 aromatic rings. The lowest BCUT2D eigenvalue weighted by Gasteiger charge is -1.70. The van der Waals surface area contributed by atoms with Crippen LogP contribution in [0.4, 0.5) is 8.78 Å². The molecule has 0 radical (unpaired) electrons. The van der Waals surface area contributed by atoms with Crippen LogP contribution in [0.2, 0.25) is 0 Å². The third-order valence-corrected chi connectivity index (χ3v) is 0.667. The fourth-order valence-corrected chi connectivity index (χ4v) is 0.385. The van der Waals surface area contributed by atoms with Crippen molar-refractivity contribution < 1.29 is 8.78 Å². The Balaban J connectivity index is 0.000000180. The summed E-state index contributed by atoms with van der Waals surface area (Å²) in [5.74, 6) is 0. The monoisotopic (exact) mass is 144 g/mol. The van der Waals surface area contributed by atoms with E-state index in [9.17, 15) is 8.78 Å². The molecule has 0 heterocycles. The van der Waals surface area contributed by atoms with E-state index < -0.39 is 6.43 Å². The normalized spacial score (nSPS) is 8.40. The summed E-state index contributed by atoms with van der Waals surface area (Å²) in [5, 5.41) is 0. The molecule has 0 aliphatic carbocycles. The van der Waals surface area contributed by atoms with Gasteiger partial charge in [0, 0.05) is 0 Å². The van der Waals surface area contributed by atoms with E-state index in [1.54, 1.807) is 0 Å². The van der Waals surface area contributed by atoms with Crippen molar-refractivity contribution in [1.29, 1.82) is 0 Å². The molecule has 0 aliphatic heterocycles. The third-order valence-electron chi connectivity index (χ3n) is 0.667. The van der Waals surface area contributed by atoms with Gasteiger partial charge in [-0.15, -0.1) is 0 Å². The van der Waals surface area contributed by atoms with E-state index in [4.69, 9.17) is 0 Å². The smallest absolute Gasteiger partial charge is 0.211 e. The first-order valence-corrected chi connectivity index (χ1v) is 3.01. The minimum absolute atomic E-state index is 0.833. The van der Waals surface area contributed by atoms with Gasteiger partial charge in [0.05, 0.1) is 0 Å². The molecule has 0 amide bonds. The lowest BCUT2D eigenvalue weighted by molar-refractivity contribution is 0.171. The van der Waals surface area contributed by atoms with Gasteiger partial charge in [0.2, 0.25) is 6.43 Å². The van der Waals surface area contributed by atoms with Crippen molar-refractivity contribution in [3.63, 3.8) is 0 Å². The van der Waals surface area contributed by atoms with Gasteiger partial charge in [0.15, 0.2) is 0 Å². The second-order valence-corrected chi connectivity index (χ2v) is 1.67. The van der Waals surface area contributed by atoms with Crippen LogP contribution in [0.3, 0.4) is 0 Å². The fraction of sp³-hybridized carbons (Fsp3) is 0.250. The van der Waals surface area contributed by atoms with E-state index >= 15 is 0 Å². The van der Waals surface area contributed by atoms with E-state index in [-0.39, 0.29) is 0 Å². The Bertz CT molecular complexity index is 108. The Morgan fingerprint density at radius 3 is 1.00 bits per heavy atom. The lowest BCUT2D eigenvalue weighted by Crippen LogP contribution is -1.69.